The van der Waals surface area contributed by atoms with Crippen molar-refractivity contribution >= 4 is 17.1 Å². The van der Waals surface area contributed by atoms with E-state index in [4.69, 9.17) is 0 Å². The van der Waals surface area contributed by atoms with E-state index in [-0.39, 0.29) is 5.82 Å². The number of aryl methyl sites for hydroxylation is 1. The number of imidazole rings is 1. The summed E-state index contributed by atoms with van der Waals surface area (Å²) in [6.45, 7) is 4.13. The number of hydrogen-bond donors (Lipinski definition) is 1. The normalized spacial score (nSPS) is 14.6. The molecule has 28 heavy (non-hydrogen) atoms. The fraction of sp³-hybridized carbons (Fsp3) is 0.350. The van der Waals surface area contributed by atoms with Gasteiger partial charge in [0.1, 0.15) is 17.2 Å². The maximum atomic E-state index is 13.1. The Hall–Kier alpha value is -3.16. The van der Waals surface area contributed by atoms with E-state index >= 15 is 0 Å². The first kappa shape index (κ1) is 18.2. The minimum Gasteiger partial charge on any atom is -0.380 e. The van der Waals surface area contributed by atoms with Crippen LogP contribution in [0.15, 0.2) is 52.6 Å². The van der Waals surface area contributed by atoms with Gasteiger partial charge < -0.3 is 19.7 Å². The molecule has 0 amide bonds. The Morgan fingerprint density at radius 1 is 1.00 bits per heavy atom. The molecule has 2 aromatic carbocycles. The molecule has 0 spiro atoms. The van der Waals surface area contributed by atoms with Crippen molar-refractivity contribution in [3.8, 4) is 0 Å². The van der Waals surface area contributed by atoms with Gasteiger partial charge in [0.2, 0.25) is 0 Å². The number of anilines is 3. The van der Waals surface area contributed by atoms with Gasteiger partial charge >= 0.3 is 0 Å². The van der Waals surface area contributed by atoms with E-state index in [0.717, 1.165) is 18.7 Å². The summed E-state index contributed by atoms with van der Waals surface area (Å²) >= 11 is 0. The number of halogens is 1. The summed E-state index contributed by atoms with van der Waals surface area (Å²) in [5, 5.41) is 3.14. The highest BCUT2D eigenvalue weighted by atomic mass is 19.1. The molecule has 2 heterocycles. The predicted molar refractivity (Wildman–Crippen MR) is 108 cm³/mol. The zero-order valence-corrected chi connectivity index (χ0v) is 15.5. The van der Waals surface area contributed by atoms with E-state index < -0.39 is 10.9 Å². The number of rotatable bonds is 7. The van der Waals surface area contributed by atoms with Gasteiger partial charge in [-0.2, -0.15) is 0 Å². The first-order chi connectivity index (χ1) is 13.6. The van der Waals surface area contributed by atoms with Gasteiger partial charge in [0.25, 0.3) is 10.9 Å². The summed E-state index contributed by atoms with van der Waals surface area (Å²) in [6, 6.07) is 6.42. The van der Waals surface area contributed by atoms with E-state index in [0.29, 0.717) is 44.1 Å². The third kappa shape index (κ3) is 3.62. The standard InChI is InChI=1S/C20H22FN5O2/c21-15-2-4-16(5-3-15)25-10-12-26(13-11-25)18-17(19(27)20(18)28)23-6-1-8-24-9-7-22-14-24/h2-5,7,9,14,23H,1,6,8,10-13H2. The molecule has 7 nitrogen and oxygen atoms in total. The van der Waals surface area contributed by atoms with Gasteiger partial charge in [-0.05, 0) is 30.7 Å². The molecular weight excluding hydrogens is 361 g/mol. The van der Waals surface area contributed by atoms with Gasteiger partial charge in [-0.3, -0.25) is 9.59 Å². The lowest BCUT2D eigenvalue weighted by Gasteiger charge is -2.38. The molecule has 146 valence electrons. The molecule has 1 saturated heterocycles. The molecule has 0 radical (unpaired) electrons. The number of aromatic nitrogens is 2. The van der Waals surface area contributed by atoms with Crippen molar-refractivity contribution in [2.24, 2.45) is 0 Å². The van der Waals surface area contributed by atoms with Crippen LogP contribution in [0.3, 0.4) is 0 Å². The van der Waals surface area contributed by atoms with Crippen LogP contribution < -0.4 is 26.0 Å². The second-order valence-electron chi connectivity index (χ2n) is 6.91. The van der Waals surface area contributed by atoms with Crippen LogP contribution in [0.25, 0.3) is 0 Å². The molecule has 0 bridgehead atoms. The Kier molecular flexibility index (Phi) is 5.10. The third-order valence-electron chi connectivity index (χ3n) is 5.13. The summed E-state index contributed by atoms with van der Waals surface area (Å²) < 4.78 is 15.1. The van der Waals surface area contributed by atoms with Crippen molar-refractivity contribution in [1.29, 1.82) is 0 Å². The number of benzene rings is 1. The van der Waals surface area contributed by atoms with Crippen LogP contribution in [0.5, 0.6) is 0 Å². The Labute approximate surface area is 161 Å². The van der Waals surface area contributed by atoms with Crippen LogP contribution in [0.1, 0.15) is 6.42 Å². The monoisotopic (exact) mass is 383 g/mol. The Morgan fingerprint density at radius 2 is 1.71 bits per heavy atom. The molecule has 1 aliphatic rings. The van der Waals surface area contributed by atoms with Crippen LogP contribution in [0, 0.1) is 5.82 Å². The first-order valence-electron chi connectivity index (χ1n) is 9.42. The fourth-order valence-corrected chi connectivity index (χ4v) is 3.58. The van der Waals surface area contributed by atoms with Gasteiger partial charge in [0, 0.05) is 57.3 Å². The number of hydrogen-bond acceptors (Lipinski definition) is 6. The molecule has 0 unspecified atom stereocenters. The van der Waals surface area contributed by atoms with Crippen LogP contribution in [0.4, 0.5) is 21.5 Å². The van der Waals surface area contributed by atoms with E-state index in [9.17, 15) is 14.0 Å². The van der Waals surface area contributed by atoms with Crippen LogP contribution >= 0.6 is 0 Å². The Morgan fingerprint density at radius 3 is 2.39 bits per heavy atom. The molecule has 8 heteroatoms. The van der Waals surface area contributed by atoms with Gasteiger partial charge in [0.15, 0.2) is 0 Å². The largest absolute Gasteiger partial charge is 0.380 e. The van der Waals surface area contributed by atoms with E-state index in [2.05, 4.69) is 15.2 Å². The lowest BCUT2D eigenvalue weighted by Crippen LogP contribution is -2.51. The zero-order valence-electron chi connectivity index (χ0n) is 15.5. The predicted octanol–water partition coefficient (Wildman–Crippen LogP) is 1.45. The van der Waals surface area contributed by atoms with Gasteiger partial charge in [-0.1, -0.05) is 0 Å². The molecule has 1 aliphatic heterocycles. The molecule has 1 aromatic heterocycles. The Bertz CT molecular complexity index is 985. The summed E-state index contributed by atoms with van der Waals surface area (Å²) in [5.74, 6) is -0.255. The maximum Gasteiger partial charge on any atom is 0.253 e. The minimum absolute atomic E-state index is 0.255. The molecule has 0 saturated carbocycles. The summed E-state index contributed by atoms with van der Waals surface area (Å²) in [7, 11) is 0. The molecule has 0 atom stereocenters. The van der Waals surface area contributed by atoms with Crippen LogP contribution in [0.2, 0.25) is 0 Å². The topological polar surface area (TPSA) is 70.5 Å². The van der Waals surface area contributed by atoms with Crippen molar-refractivity contribution in [2.75, 3.05) is 47.8 Å². The lowest BCUT2D eigenvalue weighted by atomic mass is 10.1. The fourth-order valence-electron chi connectivity index (χ4n) is 3.58. The molecule has 0 aliphatic carbocycles. The first-order valence-corrected chi connectivity index (χ1v) is 9.42. The van der Waals surface area contributed by atoms with Crippen molar-refractivity contribution in [3.63, 3.8) is 0 Å². The van der Waals surface area contributed by atoms with Crippen molar-refractivity contribution in [3.05, 3.63) is 69.3 Å². The van der Waals surface area contributed by atoms with Crippen LogP contribution in [-0.2, 0) is 6.54 Å². The SMILES string of the molecule is O=c1c(NCCCn2ccnc2)c(N2CCN(c3ccc(F)cc3)CC2)c1=O. The molecule has 1 N–H and O–H groups in total. The summed E-state index contributed by atoms with van der Waals surface area (Å²) in [6.07, 6.45) is 6.20. The molecule has 3 aromatic rings. The highest BCUT2D eigenvalue weighted by molar-refractivity contribution is 5.75. The van der Waals surface area contributed by atoms with Crippen LogP contribution in [-0.4, -0.2) is 42.3 Å². The average Bonchev–Trinajstić information content (AvgIpc) is 3.24. The quantitative estimate of drug-likeness (QED) is 0.492. The second-order valence-corrected chi connectivity index (χ2v) is 6.91. The third-order valence-corrected chi connectivity index (χ3v) is 5.13. The number of nitrogens with zero attached hydrogens (tertiary/aromatic N) is 4. The minimum atomic E-state index is -0.432. The van der Waals surface area contributed by atoms with Crippen molar-refractivity contribution in [2.45, 2.75) is 13.0 Å². The second kappa shape index (κ2) is 7.84. The van der Waals surface area contributed by atoms with Gasteiger partial charge in [0.05, 0.1) is 6.33 Å². The van der Waals surface area contributed by atoms with Gasteiger partial charge in [-0.15, -0.1) is 0 Å². The summed E-state index contributed by atoms with van der Waals surface area (Å²) in [4.78, 5) is 32.2. The van der Waals surface area contributed by atoms with Crippen molar-refractivity contribution < 1.29 is 4.39 Å². The highest BCUT2D eigenvalue weighted by Gasteiger charge is 2.28. The zero-order chi connectivity index (χ0) is 19.5. The lowest BCUT2D eigenvalue weighted by molar-refractivity contribution is 0.624. The average molecular weight is 383 g/mol. The molecule has 1 fully saturated rings. The Balaban J connectivity index is 1.33. The van der Waals surface area contributed by atoms with Crippen molar-refractivity contribution in [1.82, 2.24) is 9.55 Å². The van der Waals surface area contributed by atoms with E-state index in [1.165, 1.54) is 12.1 Å². The van der Waals surface area contributed by atoms with Gasteiger partial charge in [-0.25, -0.2) is 9.37 Å². The molecular formula is C20H22FN5O2. The smallest absolute Gasteiger partial charge is 0.253 e. The number of nitrogens with one attached hydrogen (secondary N) is 1. The summed E-state index contributed by atoms with van der Waals surface area (Å²) in [5.41, 5.74) is 1.06. The van der Waals surface area contributed by atoms with E-state index in [1.807, 2.05) is 15.7 Å². The van der Waals surface area contributed by atoms with E-state index in [1.54, 1.807) is 24.7 Å². The maximum absolute atomic E-state index is 13.1. The molecule has 4 rings (SSSR count). The highest BCUT2D eigenvalue weighted by Crippen LogP contribution is 2.24. The number of piperazine rings is 1.